The molecular formula is C19H25N3O4. The van der Waals surface area contributed by atoms with Crippen molar-refractivity contribution in [3.8, 4) is 0 Å². The van der Waals surface area contributed by atoms with Crippen molar-refractivity contribution in [2.24, 2.45) is 5.92 Å². The Morgan fingerprint density at radius 3 is 2.46 bits per heavy atom. The second-order valence-corrected chi connectivity index (χ2v) is 7.12. The summed E-state index contributed by atoms with van der Waals surface area (Å²) in [7, 11) is 0. The minimum atomic E-state index is -1.15. The topological polar surface area (TPSA) is 90.8 Å². The standard InChI is InChI=1S/C19H25N3O4/c23-17(12-14-4-1-2-5-14)21-8-3-9-22(11-10-21)18(24)15-6-7-20-16(13-15)19(25)26/h6-7,13-14H,1-5,8-12H2,(H,25,26). The number of hydrogen-bond acceptors (Lipinski definition) is 4. The smallest absolute Gasteiger partial charge is 0.354 e. The van der Waals surface area contributed by atoms with Crippen LogP contribution in [0.3, 0.4) is 0 Å². The molecule has 3 rings (SSSR count). The van der Waals surface area contributed by atoms with Gasteiger partial charge in [0.25, 0.3) is 5.91 Å². The van der Waals surface area contributed by atoms with Crippen molar-refractivity contribution in [1.82, 2.24) is 14.8 Å². The Morgan fingerprint density at radius 2 is 1.73 bits per heavy atom. The Kier molecular flexibility index (Phi) is 5.85. The van der Waals surface area contributed by atoms with Gasteiger partial charge in [-0.2, -0.15) is 0 Å². The van der Waals surface area contributed by atoms with Gasteiger partial charge in [0.15, 0.2) is 0 Å². The van der Waals surface area contributed by atoms with Gasteiger partial charge in [0.05, 0.1) is 0 Å². The van der Waals surface area contributed by atoms with E-state index in [1.807, 2.05) is 4.90 Å². The van der Waals surface area contributed by atoms with Gasteiger partial charge in [0.2, 0.25) is 5.91 Å². The molecule has 0 atom stereocenters. The lowest BCUT2D eigenvalue weighted by Gasteiger charge is -2.23. The van der Waals surface area contributed by atoms with Crippen LogP contribution in [0, 0.1) is 5.92 Å². The third kappa shape index (κ3) is 4.39. The zero-order chi connectivity index (χ0) is 18.5. The summed E-state index contributed by atoms with van der Waals surface area (Å²) in [6.45, 7) is 2.25. The first-order valence-electron chi connectivity index (χ1n) is 9.31. The normalized spacial score (nSPS) is 18.6. The molecule has 1 N–H and O–H groups in total. The van der Waals surface area contributed by atoms with Crippen LogP contribution in [0.1, 0.15) is 59.4 Å². The molecule has 1 aromatic heterocycles. The number of aromatic carboxylic acids is 1. The molecule has 1 aromatic rings. The minimum Gasteiger partial charge on any atom is -0.477 e. The molecule has 26 heavy (non-hydrogen) atoms. The predicted octanol–water partition coefficient (Wildman–Crippen LogP) is 2.03. The van der Waals surface area contributed by atoms with E-state index < -0.39 is 5.97 Å². The van der Waals surface area contributed by atoms with Gasteiger partial charge in [0, 0.05) is 44.4 Å². The molecule has 2 aliphatic rings. The summed E-state index contributed by atoms with van der Waals surface area (Å²) in [5.41, 5.74) is 0.183. The van der Waals surface area contributed by atoms with Crippen LogP contribution in [0.4, 0.5) is 0 Å². The van der Waals surface area contributed by atoms with Crippen molar-refractivity contribution >= 4 is 17.8 Å². The third-order valence-corrected chi connectivity index (χ3v) is 5.30. The van der Waals surface area contributed by atoms with E-state index in [0.717, 1.165) is 19.3 Å². The maximum Gasteiger partial charge on any atom is 0.354 e. The Morgan fingerprint density at radius 1 is 1.04 bits per heavy atom. The third-order valence-electron chi connectivity index (χ3n) is 5.30. The molecule has 0 spiro atoms. The SMILES string of the molecule is O=C(O)c1cc(C(=O)N2CCCN(C(=O)CC3CCCC3)CC2)ccn1. The molecule has 0 radical (unpaired) electrons. The Balaban J connectivity index is 1.59. The first kappa shape index (κ1) is 18.4. The van der Waals surface area contributed by atoms with E-state index in [2.05, 4.69) is 4.98 Å². The van der Waals surface area contributed by atoms with Gasteiger partial charge in [-0.05, 0) is 37.3 Å². The molecule has 1 aliphatic carbocycles. The van der Waals surface area contributed by atoms with E-state index in [1.54, 1.807) is 4.90 Å². The molecule has 0 aromatic carbocycles. The number of amides is 2. The highest BCUT2D eigenvalue weighted by Crippen LogP contribution is 2.28. The van der Waals surface area contributed by atoms with E-state index in [1.165, 1.54) is 31.2 Å². The molecule has 7 heteroatoms. The van der Waals surface area contributed by atoms with Crippen LogP contribution >= 0.6 is 0 Å². The number of nitrogens with zero attached hydrogens (tertiary/aromatic N) is 3. The van der Waals surface area contributed by atoms with E-state index in [0.29, 0.717) is 44.1 Å². The fraction of sp³-hybridized carbons (Fsp3) is 0.579. The Hall–Kier alpha value is -2.44. The van der Waals surface area contributed by atoms with Gasteiger partial charge in [-0.15, -0.1) is 0 Å². The van der Waals surface area contributed by atoms with E-state index in [-0.39, 0.29) is 17.5 Å². The fourth-order valence-electron chi connectivity index (χ4n) is 3.82. The molecule has 7 nitrogen and oxygen atoms in total. The van der Waals surface area contributed by atoms with Crippen LogP contribution < -0.4 is 0 Å². The maximum atomic E-state index is 12.7. The minimum absolute atomic E-state index is 0.140. The highest BCUT2D eigenvalue weighted by Gasteiger charge is 2.26. The van der Waals surface area contributed by atoms with Crippen LogP contribution in [-0.2, 0) is 4.79 Å². The summed E-state index contributed by atoms with van der Waals surface area (Å²) in [5, 5.41) is 9.03. The summed E-state index contributed by atoms with van der Waals surface area (Å²) in [5.74, 6) is -0.641. The average molecular weight is 359 g/mol. The number of aromatic nitrogens is 1. The summed E-state index contributed by atoms with van der Waals surface area (Å²) in [4.78, 5) is 43.6. The van der Waals surface area contributed by atoms with E-state index >= 15 is 0 Å². The van der Waals surface area contributed by atoms with Crippen molar-refractivity contribution in [3.63, 3.8) is 0 Å². The van der Waals surface area contributed by atoms with E-state index in [4.69, 9.17) is 5.11 Å². The molecule has 1 saturated heterocycles. The molecule has 0 unspecified atom stereocenters. The van der Waals surface area contributed by atoms with Crippen molar-refractivity contribution in [2.75, 3.05) is 26.2 Å². The second-order valence-electron chi connectivity index (χ2n) is 7.12. The van der Waals surface area contributed by atoms with Crippen LogP contribution in [-0.4, -0.2) is 63.9 Å². The van der Waals surface area contributed by atoms with Gasteiger partial charge in [-0.25, -0.2) is 9.78 Å². The summed E-state index contributed by atoms with van der Waals surface area (Å²) in [6, 6.07) is 2.83. The number of carbonyl (C=O) groups is 3. The van der Waals surface area contributed by atoms with Crippen LogP contribution in [0.5, 0.6) is 0 Å². The molecule has 1 aliphatic heterocycles. The van der Waals surface area contributed by atoms with Gasteiger partial charge >= 0.3 is 5.97 Å². The van der Waals surface area contributed by atoms with Crippen LogP contribution in [0.15, 0.2) is 18.3 Å². The maximum absolute atomic E-state index is 12.7. The molecule has 0 bridgehead atoms. The van der Waals surface area contributed by atoms with Crippen LogP contribution in [0.2, 0.25) is 0 Å². The fourth-order valence-corrected chi connectivity index (χ4v) is 3.82. The zero-order valence-electron chi connectivity index (χ0n) is 14.9. The number of carboxylic acid groups (broad SMARTS) is 1. The largest absolute Gasteiger partial charge is 0.477 e. The first-order valence-corrected chi connectivity index (χ1v) is 9.31. The van der Waals surface area contributed by atoms with Gasteiger partial charge < -0.3 is 14.9 Å². The van der Waals surface area contributed by atoms with Crippen molar-refractivity contribution in [1.29, 1.82) is 0 Å². The molecule has 140 valence electrons. The van der Waals surface area contributed by atoms with Crippen molar-refractivity contribution in [2.45, 2.75) is 38.5 Å². The summed E-state index contributed by atoms with van der Waals surface area (Å²) >= 11 is 0. The quantitative estimate of drug-likeness (QED) is 0.888. The van der Waals surface area contributed by atoms with Crippen molar-refractivity contribution in [3.05, 3.63) is 29.6 Å². The first-order chi connectivity index (χ1) is 12.5. The lowest BCUT2D eigenvalue weighted by molar-refractivity contribution is -0.132. The van der Waals surface area contributed by atoms with Gasteiger partial charge in [0.1, 0.15) is 5.69 Å². The summed E-state index contributed by atoms with van der Waals surface area (Å²) in [6.07, 6.45) is 7.45. The monoisotopic (exact) mass is 359 g/mol. The van der Waals surface area contributed by atoms with E-state index in [9.17, 15) is 14.4 Å². The molecule has 2 heterocycles. The number of pyridine rings is 1. The zero-order valence-corrected chi connectivity index (χ0v) is 14.9. The molecular weight excluding hydrogens is 334 g/mol. The number of rotatable bonds is 4. The van der Waals surface area contributed by atoms with Gasteiger partial charge in [-0.3, -0.25) is 9.59 Å². The molecule has 2 amide bonds. The lowest BCUT2D eigenvalue weighted by atomic mass is 10.0. The Bertz CT molecular complexity index is 685. The molecule has 2 fully saturated rings. The highest BCUT2D eigenvalue weighted by molar-refractivity contribution is 5.96. The van der Waals surface area contributed by atoms with Gasteiger partial charge in [-0.1, -0.05) is 12.8 Å². The number of carbonyl (C=O) groups excluding carboxylic acids is 2. The predicted molar refractivity (Wildman–Crippen MR) is 94.9 cm³/mol. The van der Waals surface area contributed by atoms with Crippen molar-refractivity contribution < 1.29 is 19.5 Å². The summed E-state index contributed by atoms with van der Waals surface area (Å²) < 4.78 is 0. The Labute approximate surface area is 153 Å². The number of hydrogen-bond donors (Lipinski definition) is 1. The lowest BCUT2D eigenvalue weighted by Crippen LogP contribution is -2.37. The molecule has 1 saturated carbocycles. The second kappa shape index (κ2) is 8.29. The highest BCUT2D eigenvalue weighted by atomic mass is 16.4. The average Bonchev–Trinajstić information content (AvgIpc) is 3.02. The van der Waals surface area contributed by atoms with Crippen LogP contribution in [0.25, 0.3) is 0 Å². The number of carboxylic acids is 1.